The van der Waals surface area contributed by atoms with Crippen LogP contribution in [0.4, 0.5) is 5.82 Å². The summed E-state index contributed by atoms with van der Waals surface area (Å²) in [6.07, 6.45) is 1.90. The van der Waals surface area contributed by atoms with Crippen molar-refractivity contribution in [2.75, 3.05) is 31.1 Å². The summed E-state index contributed by atoms with van der Waals surface area (Å²) >= 11 is 0. The zero-order chi connectivity index (χ0) is 16.1. The highest BCUT2D eigenvalue weighted by Crippen LogP contribution is 2.13. The van der Waals surface area contributed by atoms with Crippen molar-refractivity contribution in [3.8, 4) is 0 Å². The molecule has 1 aromatic heterocycles. The number of aromatic amines is 1. The van der Waals surface area contributed by atoms with Crippen LogP contribution in [0.2, 0.25) is 0 Å². The van der Waals surface area contributed by atoms with Crippen LogP contribution in [-0.2, 0) is 9.59 Å². The van der Waals surface area contributed by atoms with E-state index in [0.29, 0.717) is 13.1 Å². The summed E-state index contributed by atoms with van der Waals surface area (Å²) in [6.45, 7) is 8.27. The van der Waals surface area contributed by atoms with Crippen LogP contribution in [-0.4, -0.2) is 48.9 Å². The minimum atomic E-state index is -0.438. The van der Waals surface area contributed by atoms with Crippen LogP contribution >= 0.6 is 0 Å². The van der Waals surface area contributed by atoms with Crippen LogP contribution in [0.3, 0.4) is 0 Å². The standard InChI is InChI=1S/C16H24N4O2/c1-12(2)15(18-13(3)21)16(22)20-10-8-19(9-11-20)14-6-4-5-7-17-14/h4-7,12,15H,8-11H2,1-3H3,(H,18,21)/p+1/t15-/m1/s1. The van der Waals surface area contributed by atoms with E-state index >= 15 is 0 Å². The fourth-order valence-electron chi connectivity index (χ4n) is 2.68. The summed E-state index contributed by atoms with van der Waals surface area (Å²) in [6, 6.07) is 5.54. The Morgan fingerprint density at radius 3 is 2.36 bits per heavy atom. The first-order chi connectivity index (χ1) is 10.5. The Morgan fingerprint density at radius 2 is 1.86 bits per heavy atom. The van der Waals surface area contributed by atoms with Gasteiger partial charge in [-0.25, -0.2) is 4.98 Å². The number of piperazine rings is 1. The SMILES string of the molecule is CC(=O)N[C@@H](C(=O)N1CCN(c2cccc[nH+]2)CC1)C(C)C. The van der Waals surface area contributed by atoms with Crippen molar-refractivity contribution in [1.29, 1.82) is 0 Å². The van der Waals surface area contributed by atoms with E-state index < -0.39 is 6.04 Å². The van der Waals surface area contributed by atoms with Crippen molar-refractivity contribution in [3.05, 3.63) is 24.4 Å². The molecule has 0 radical (unpaired) electrons. The van der Waals surface area contributed by atoms with E-state index in [9.17, 15) is 9.59 Å². The van der Waals surface area contributed by atoms with Gasteiger partial charge in [-0.2, -0.15) is 0 Å². The Balaban J connectivity index is 1.95. The van der Waals surface area contributed by atoms with Gasteiger partial charge >= 0.3 is 0 Å². The molecule has 0 unspecified atom stereocenters. The molecule has 0 bridgehead atoms. The second-order valence-electron chi connectivity index (χ2n) is 5.98. The minimum absolute atomic E-state index is 0.0156. The Hall–Kier alpha value is -2.11. The number of H-pyrrole nitrogens is 1. The molecular weight excluding hydrogens is 280 g/mol. The van der Waals surface area contributed by atoms with Crippen LogP contribution < -0.4 is 15.2 Å². The lowest BCUT2D eigenvalue weighted by Crippen LogP contribution is -2.56. The Bertz CT molecular complexity index is 510. The van der Waals surface area contributed by atoms with Crippen molar-refractivity contribution in [1.82, 2.24) is 10.2 Å². The summed E-state index contributed by atoms with van der Waals surface area (Å²) in [5.74, 6) is 1.00. The van der Waals surface area contributed by atoms with E-state index in [2.05, 4.69) is 15.2 Å². The Morgan fingerprint density at radius 1 is 1.18 bits per heavy atom. The van der Waals surface area contributed by atoms with Crippen molar-refractivity contribution in [3.63, 3.8) is 0 Å². The summed E-state index contributed by atoms with van der Waals surface area (Å²) < 4.78 is 0. The second kappa shape index (κ2) is 7.24. The number of anilines is 1. The molecule has 22 heavy (non-hydrogen) atoms. The van der Waals surface area contributed by atoms with Gasteiger partial charge in [-0.05, 0) is 12.0 Å². The first-order valence-corrected chi connectivity index (χ1v) is 7.76. The minimum Gasteiger partial charge on any atom is -0.344 e. The van der Waals surface area contributed by atoms with Crippen molar-refractivity contribution in [2.24, 2.45) is 5.92 Å². The quantitative estimate of drug-likeness (QED) is 0.870. The van der Waals surface area contributed by atoms with E-state index in [1.807, 2.05) is 43.1 Å². The lowest BCUT2D eigenvalue weighted by Gasteiger charge is -2.34. The van der Waals surface area contributed by atoms with Crippen LogP contribution in [0.25, 0.3) is 0 Å². The molecule has 1 atom stereocenters. The fourth-order valence-corrected chi connectivity index (χ4v) is 2.68. The molecule has 1 aromatic rings. The van der Waals surface area contributed by atoms with E-state index in [1.54, 1.807) is 0 Å². The lowest BCUT2D eigenvalue weighted by atomic mass is 10.0. The second-order valence-corrected chi connectivity index (χ2v) is 5.98. The lowest BCUT2D eigenvalue weighted by molar-refractivity contribution is -0.364. The van der Waals surface area contributed by atoms with Gasteiger partial charge in [0.1, 0.15) is 19.1 Å². The first-order valence-electron chi connectivity index (χ1n) is 7.76. The number of carbonyl (C=O) groups is 2. The average molecular weight is 305 g/mol. The predicted molar refractivity (Wildman–Crippen MR) is 84.2 cm³/mol. The molecule has 1 fully saturated rings. The molecule has 6 heteroatoms. The molecule has 2 N–H and O–H groups in total. The molecule has 1 aliphatic rings. The number of hydrogen-bond donors (Lipinski definition) is 1. The maximum Gasteiger partial charge on any atom is 0.274 e. The highest BCUT2D eigenvalue weighted by Gasteiger charge is 2.32. The van der Waals surface area contributed by atoms with E-state index in [-0.39, 0.29) is 17.7 Å². The molecule has 0 aromatic carbocycles. The van der Waals surface area contributed by atoms with Crippen LogP contribution in [0, 0.1) is 5.92 Å². The zero-order valence-corrected chi connectivity index (χ0v) is 13.5. The molecular formula is C16H25N4O2+. The van der Waals surface area contributed by atoms with Gasteiger partial charge in [0.15, 0.2) is 0 Å². The van der Waals surface area contributed by atoms with E-state index in [4.69, 9.17) is 0 Å². The van der Waals surface area contributed by atoms with Gasteiger partial charge in [0, 0.05) is 13.0 Å². The third-order valence-corrected chi connectivity index (χ3v) is 3.92. The number of hydrogen-bond acceptors (Lipinski definition) is 3. The third kappa shape index (κ3) is 3.96. The van der Waals surface area contributed by atoms with Gasteiger partial charge in [0.25, 0.3) is 5.82 Å². The first kappa shape index (κ1) is 16.3. The highest BCUT2D eigenvalue weighted by molar-refractivity contribution is 5.87. The molecule has 0 aliphatic carbocycles. The molecule has 120 valence electrons. The smallest absolute Gasteiger partial charge is 0.274 e. The zero-order valence-electron chi connectivity index (χ0n) is 13.5. The number of pyridine rings is 1. The fraction of sp³-hybridized carbons (Fsp3) is 0.562. The molecule has 2 heterocycles. The number of amides is 2. The average Bonchev–Trinajstić information content (AvgIpc) is 2.52. The molecule has 1 aliphatic heterocycles. The molecule has 0 spiro atoms. The van der Waals surface area contributed by atoms with Crippen molar-refractivity contribution >= 4 is 17.6 Å². The van der Waals surface area contributed by atoms with Gasteiger partial charge in [0.05, 0.1) is 19.3 Å². The van der Waals surface area contributed by atoms with Gasteiger partial charge < -0.3 is 10.2 Å². The molecule has 1 saturated heterocycles. The summed E-state index contributed by atoms with van der Waals surface area (Å²) in [5, 5.41) is 2.77. The molecule has 2 amide bonds. The topological polar surface area (TPSA) is 66.8 Å². The molecule has 0 saturated carbocycles. The largest absolute Gasteiger partial charge is 0.344 e. The molecule has 2 rings (SSSR count). The van der Waals surface area contributed by atoms with Crippen molar-refractivity contribution in [2.45, 2.75) is 26.8 Å². The Kier molecular flexibility index (Phi) is 5.35. The van der Waals surface area contributed by atoms with Crippen LogP contribution in [0.15, 0.2) is 24.4 Å². The van der Waals surface area contributed by atoms with Gasteiger partial charge in [-0.1, -0.05) is 19.9 Å². The maximum absolute atomic E-state index is 12.6. The van der Waals surface area contributed by atoms with Crippen molar-refractivity contribution < 1.29 is 14.6 Å². The van der Waals surface area contributed by atoms with E-state index in [0.717, 1.165) is 18.9 Å². The monoisotopic (exact) mass is 305 g/mol. The van der Waals surface area contributed by atoms with Crippen LogP contribution in [0.1, 0.15) is 20.8 Å². The van der Waals surface area contributed by atoms with Gasteiger partial charge in [0.2, 0.25) is 11.8 Å². The highest BCUT2D eigenvalue weighted by atomic mass is 16.2. The summed E-state index contributed by atoms with van der Waals surface area (Å²) in [7, 11) is 0. The number of carbonyl (C=O) groups excluding carboxylic acids is 2. The van der Waals surface area contributed by atoms with Gasteiger partial charge in [-0.3, -0.25) is 14.5 Å². The number of nitrogens with one attached hydrogen (secondary N) is 2. The predicted octanol–water partition coefficient (Wildman–Crippen LogP) is 0.310. The number of aromatic nitrogens is 1. The normalized spacial score (nSPS) is 16.5. The van der Waals surface area contributed by atoms with Gasteiger partial charge in [-0.15, -0.1) is 0 Å². The number of rotatable bonds is 4. The Labute approximate surface area is 131 Å². The summed E-state index contributed by atoms with van der Waals surface area (Å²) in [4.78, 5) is 31.2. The van der Waals surface area contributed by atoms with E-state index in [1.165, 1.54) is 6.92 Å². The third-order valence-electron chi connectivity index (χ3n) is 3.92. The maximum atomic E-state index is 12.6. The summed E-state index contributed by atoms with van der Waals surface area (Å²) in [5.41, 5.74) is 0. The van der Waals surface area contributed by atoms with Crippen LogP contribution in [0.5, 0.6) is 0 Å². The molecule has 6 nitrogen and oxygen atoms in total. The number of nitrogens with zero attached hydrogens (tertiary/aromatic N) is 2.